The van der Waals surface area contributed by atoms with Crippen molar-refractivity contribution in [2.45, 2.75) is 31.8 Å². The van der Waals surface area contributed by atoms with E-state index in [-0.39, 0.29) is 30.8 Å². The molecule has 110 valence electrons. The number of ether oxygens (including phenoxy) is 1. The van der Waals surface area contributed by atoms with E-state index in [0.29, 0.717) is 12.5 Å². The number of hydrogen-bond acceptors (Lipinski definition) is 3. The van der Waals surface area contributed by atoms with Crippen molar-refractivity contribution >= 4 is 5.91 Å². The second-order valence-electron chi connectivity index (χ2n) is 5.17. The van der Waals surface area contributed by atoms with Gasteiger partial charge in [0.2, 0.25) is 5.91 Å². The highest BCUT2D eigenvalue weighted by atomic mass is 19.1. The van der Waals surface area contributed by atoms with E-state index >= 15 is 0 Å². The summed E-state index contributed by atoms with van der Waals surface area (Å²) < 4.78 is 18.5. The van der Waals surface area contributed by atoms with Crippen LogP contribution < -0.4 is 10.1 Å². The number of carbonyl (C=O) groups is 1. The number of benzene rings is 1. The first-order valence-electron chi connectivity index (χ1n) is 6.97. The number of carbonyl (C=O) groups excluding carboxylic acids is 1. The van der Waals surface area contributed by atoms with Gasteiger partial charge in [-0.1, -0.05) is 12.1 Å². The molecule has 0 heterocycles. The van der Waals surface area contributed by atoms with Gasteiger partial charge in [0.1, 0.15) is 0 Å². The lowest BCUT2D eigenvalue weighted by molar-refractivity contribution is -0.121. The van der Waals surface area contributed by atoms with Crippen molar-refractivity contribution in [2.24, 2.45) is 5.92 Å². The van der Waals surface area contributed by atoms with E-state index in [1.165, 1.54) is 12.1 Å². The van der Waals surface area contributed by atoms with E-state index in [0.717, 1.165) is 19.3 Å². The summed E-state index contributed by atoms with van der Waals surface area (Å²) >= 11 is 0. The summed E-state index contributed by atoms with van der Waals surface area (Å²) in [6, 6.07) is 6.13. The van der Waals surface area contributed by atoms with Gasteiger partial charge in [-0.2, -0.15) is 0 Å². The Morgan fingerprint density at radius 1 is 1.40 bits per heavy atom. The predicted molar refractivity (Wildman–Crippen MR) is 72.9 cm³/mol. The third-order valence-electron chi connectivity index (χ3n) is 3.52. The highest BCUT2D eigenvalue weighted by molar-refractivity contribution is 5.75. The van der Waals surface area contributed by atoms with Crippen LogP contribution in [0.15, 0.2) is 24.3 Å². The van der Waals surface area contributed by atoms with Gasteiger partial charge in [0, 0.05) is 6.54 Å². The number of nitrogens with one attached hydrogen (secondary N) is 1. The number of aliphatic hydroxyl groups is 1. The average Bonchev–Trinajstić information content (AvgIpc) is 2.84. The first-order chi connectivity index (χ1) is 9.65. The topological polar surface area (TPSA) is 58.6 Å². The summed E-state index contributed by atoms with van der Waals surface area (Å²) in [5.41, 5.74) is 0. The molecule has 1 aliphatic carbocycles. The van der Waals surface area contributed by atoms with Crippen LogP contribution in [0.3, 0.4) is 0 Å². The molecule has 0 bridgehead atoms. The molecule has 1 aromatic rings. The number of amides is 1. The van der Waals surface area contributed by atoms with Crippen LogP contribution in [0.4, 0.5) is 4.39 Å². The van der Waals surface area contributed by atoms with Crippen molar-refractivity contribution in [1.82, 2.24) is 5.32 Å². The summed E-state index contributed by atoms with van der Waals surface area (Å²) in [6.45, 7) is 0.746. The molecule has 1 aromatic carbocycles. The van der Waals surface area contributed by atoms with E-state index in [4.69, 9.17) is 4.74 Å². The Bertz CT molecular complexity index is 452. The fraction of sp³-hybridized carbons (Fsp3) is 0.533. The molecule has 0 spiro atoms. The van der Waals surface area contributed by atoms with Crippen LogP contribution in [0.2, 0.25) is 0 Å². The second kappa shape index (κ2) is 7.24. The lowest BCUT2D eigenvalue weighted by Gasteiger charge is -2.11. The Morgan fingerprint density at radius 2 is 2.20 bits per heavy atom. The molecule has 4 nitrogen and oxygen atoms in total. The molecule has 1 fully saturated rings. The molecule has 0 aliphatic heterocycles. The van der Waals surface area contributed by atoms with Gasteiger partial charge in [-0.05, 0) is 37.3 Å². The molecule has 20 heavy (non-hydrogen) atoms. The zero-order valence-corrected chi connectivity index (χ0v) is 11.3. The number of hydrogen-bond donors (Lipinski definition) is 2. The van der Waals surface area contributed by atoms with Crippen molar-refractivity contribution in [3.63, 3.8) is 0 Å². The fourth-order valence-corrected chi connectivity index (χ4v) is 2.40. The van der Waals surface area contributed by atoms with Crippen molar-refractivity contribution in [1.29, 1.82) is 0 Å². The lowest BCUT2D eigenvalue weighted by Crippen LogP contribution is -2.29. The van der Waals surface area contributed by atoms with Crippen LogP contribution in [0.1, 0.15) is 25.7 Å². The quantitative estimate of drug-likeness (QED) is 0.837. The summed E-state index contributed by atoms with van der Waals surface area (Å²) in [5, 5.41) is 12.2. The Hall–Kier alpha value is -1.62. The zero-order valence-electron chi connectivity index (χ0n) is 11.3. The molecular formula is C15H20FNO3. The molecule has 1 amide bonds. The second-order valence-corrected chi connectivity index (χ2v) is 5.17. The molecular weight excluding hydrogens is 261 g/mol. The maximum absolute atomic E-state index is 13.3. The summed E-state index contributed by atoms with van der Waals surface area (Å²) in [4.78, 5) is 11.6. The van der Waals surface area contributed by atoms with Crippen molar-refractivity contribution in [3.8, 4) is 5.75 Å². The normalized spacial score (nSPS) is 21.7. The van der Waals surface area contributed by atoms with Gasteiger partial charge in [0.05, 0.1) is 19.1 Å². The highest BCUT2D eigenvalue weighted by Gasteiger charge is 2.22. The third-order valence-corrected chi connectivity index (χ3v) is 3.52. The number of rotatable bonds is 6. The van der Waals surface area contributed by atoms with Crippen molar-refractivity contribution < 1.29 is 19.0 Å². The van der Waals surface area contributed by atoms with Crippen LogP contribution in [0.5, 0.6) is 5.75 Å². The van der Waals surface area contributed by atoms with Gasteiger partial charge in [-0.15, -0.1) is 0 Å². The smallest absolute Gasteiger partial charge is 0.223 e. The van der Waals surface area contributed by atoms with E-state index in [1.54, 1.807) is 12.1 Å². The standard InChI is InChI=1S/C15H20FNO3/c16-13-3-1-2-4-14(13)20-8-7-15(19)17-10-11-5-6-12(18)9-11/h1-4,11-12,18H,5-10H2,(H,17,19). The monoisotopic (exact) mass is 281 g/mol. The minimum atomic E-state index is -0.423. The minimum absolute atomic E-state index is 0.109. The van der Waals surface area contributed by atoms with Crippen LogP contribution in [-0.2, 0) is 4.79 Å². The summed E-state index contributed by atoms with van der Waals surface area (Å²) in [7, 11) is 0. The van der Waals surface area contributed by atoms with Crippen LogP contribution in [0, 0.1) is 11.7 Å². The minimum Gasteiger partial charge on any atom is -0.490 e. The largest absolute Gasteiger partial charge is 0.490 e. The first-order valence-corrected chi connectivity index (χ1v) is 6.97. The molecule has 1 saturated carbocycles. The predicted octanol–water partition coefficient (Wildman–Crippen LogP) is 1.87. The van der Waals surface area contributed by atoms with Gasteiger partial charge < -0.3 is 15.2 Å². The molecule has 0 radical (unpaired) electrons. The molecule has 0 aromatic heterocycles. The third kappa shape index (κ3) is 4.49. The molecule has 5 heteroatoms. The summed E-state index contributed by atoms with van der Waals surface area (Å²) in [6.07, 6.45) is 2.50. The molecule has 2 rings (SSSR count). The SMILES string of the molecule is O=C(CCOc1ccccc1F)NCC1CCC(O)C1. The van der Waals surface area contributed by atoms with Crippen LogP contribution in [-0.4, -0.2) is 30.3 Å². The van der Waals surface area contributed by atoms with Crippen molar-refractivity contribution in [3.05, 3.63) is 30.1 Å². The van der Waals surface area contributed by atoms with Gasteiger partial charge in [-0.3, -0.25) is 4.79 Å². The molecule has 2 N–H and O–H groups in total. The van der Waals surface area contributed by atoms with Crippen molar-refractivity contribution in [2.75, 3.05) is 13.2 Å². The number of aliphatic hydroxyl groups excluding tert-OH is 1. The van der Waals surface area contributed by atoms with Crippen LogP contribution >= 0.6 is 0 Å². The van der Waals surface area contributed by atoms with E-state index < -0.39 is 5.82 Å². The van der Waals surface area contributed by atoms with E-state index in [9.17, 15) is 14.3 Å². The van der Waals surface area contributed by atoms with Crippen LogP contribution in [0.25, 0.3) is 0 Å². The zero-order chi connectivity index (χ0) is 14.4. The highest BCUT2D eigenvalue weighted by Crippen LogP contribution is 2.24. The van der Waals surface area contributed by atoms with Gasteiger partial charge in [-0.25, -0.2) is 4.39 Å². The molecule has 2 unspecified atom stereocenters. The van der Waals surface area contributed by atoms with Gasteiger partial charge in [0.25, 0.3) is 0 Å². The number of para-hydroxylation sites is 1. The Morgan fingerprint density at radius 3 is 2.90 bits per heavy atom. The number of halogens is 1. The summed E-state index contributed by atoms with van der Waals surface area (Å²) in [5.74, 6) is -0.00349. The lowest BCUT2D eigenvalue weighted by atomic mass is 10.1. The molecule has 2 atom stereocenters. The maximum Gasteiger partial charge on any atom is 0.223 e. The average molecular weight is 281 g/mol. The molecule has 0 saturated heterocycles. The van der Waals surface area contributed by atoms with Gasteiger partial charge in [0.15, 0.2) is 11.6 Å². The Balaban J connectivity index is 1.62. The Kier molecular flexibility index (Phi) is 5.35. The fourth-order valence-electron chi connectivity index (χ4n) is 2.40. The van der Waals surface area contributed by atoms with E-state index in [1.807, 2.05) is 0 Å². The first kappa shape index (κ1) is 14.8. The van der Waals surface area contributed by atoms with E-state index in [2.05, 4.69) is 5.32 Å². The molecule has 1 aliphatic rings. The maximum atomic E-state index is 13.3. The Labute approximate surface area is 117 Å². The van der Waals surface area contributed by atoms with Gasteiger partial charge >= 0.3 is 0 Å².